The predicted molar refractivity (Wildman–Crippen MR) is 184 cm³/mol. The molecule has 2 aliphatic rings. The van der Waals surface area contributed by atoms with Gasteiger partial charge in [-0.25, -0.2) is 4.98 Å². The van der Waals surface area contributed by atoms with Crippen LogP contribution in [0.3, 0.4) is 0 Å². The fourth-order valence-electron chi connectivity index (χ4n) is 6.68. The first kappa shape index (κ1) is 35.7. The van der Waals surface area contributed by atoms with Gasteiger partial charge in [-0.1, -0.05) is 26.0 Å². The lowest BCUT2D eigenvalue weighted by atomic mass is 9.97. The molecule has 1 unspecified atom stereocenters. The molecular weight excluding hydrogens is 667 g/mol. The summed E-state index contributed by atoms with van der Waals surface area (Å²) < 4.78 is 48.0. The van der Waals surface area contributed by atoms with E-state index in [-0.39, 0.29) is 35.7 Å². The van der Waals surface area contributed by atoms with E-state index in [4.69, 9.17) is 9.72 Å². The van der Waals surface area contributed by atoms with Gasteiger partial charge in [-0.2, -0.15) is 22.7 Å². The van der Waals surface area contributed by atoms with Crippen molar-refractivity contribution < 1.29 is 27.5 Å². The molecular formula is C35H40F3N9O4. The number of hydrogen-bond acceptors (Lipinski definition) is 9. The van der Waals surface area contributed by atoms with Gasteiger partial charge in [0.1, 0.15) is 23.6 Å². The highest BCUT2D eigenvalue weighted by Crippen LogP contribution is 2.30. The lowest BCUT2D eigenvalue weighted by molar-refractivity contribution is -0.141. The number of carbonyl (C=O) groups is 2. The molecule has 1 saturated heterocycles. The third-order valence-electron chi connectivity index (χ3n) is 9.45. The fraction of sp³-hybridized carbons (Fsp3) is 0.457. The van der Waals surface area contributed by atoms with Crippen LogP contribution in [0.15, 0.2) is 41.3 Å². The second-order valence-corrected chi connectivity index (χ2v) is 12.6. The lowest BCUT2D eigenvalue weighted by Crippen LogP contribution is -2.51. The zero-order valence-electron chi connectivity index (χ0n) is 29.0. The van der Waals surface area contributed by atoms with Gasteiger partial charge in [0.25, 0.3) is 11.5 Å². The number of alkyl halides is 3. The van der Waals surface area contributed by atoms with E-state index in [1.165, 1.54) is 17.5 Å². The highest BCUT2D eigenvalue weighted by Gasteiger charge is 2.33. The molecule has 1 aliphatic heterocycles. The molecule has 270 valence electrons. The average Bonchev–Trinajstić information content (AvgIpc) is 3.59. The van der Waals surface area contributed by atoms with Crippen LogP contribution in [0, 0.1) is 6.92 Å². The molecule has 1 atom stereocenters. The number of ether oxygens (including phenoxy) is 1. The van der Waals surface area contributed by atoms with Crippen molar-refractivity contribution in [3.63, 3.8) is 0 Å². The summed E-state index contributed by atoms with van der Waals surface area (Å²) in [5.74, 6) is -0.181. The quantitative estimate of drug-likeness (QED) is 0.270. The Kier molecular flexibility index (Phi) is 10.2. The zero-order chi connectivity index (χ0) is 36.4. The first-order valence-electron chi connectivity index (χ1n) is 17.0. The van der Waals surface area contributed by atoms with E-state index in [9.17, 15) is 27.6 Å². The molecule has 0 saturated carbocycles. The van der Waals surface area contributed by atoms with Gasteiger partial charge in [0.2, 0.25) is 11.7 Å². The van der Waals surface area contributed by atoms with Crippen LogP contribution in [0.4, 0.5) is 24.5 Å². The number of aryl methyl sites for hydroxylation is 2. The minimum absolute atomic E-state index is 0.00664. The third-order valence-corrected chi connectivity index (χ3v) is 9.45. The molecule has 1 aliphatic carbocycles. The normalized spacial score (nSPS) is 16.8. The van der Waals surface area contributed by atoms with Gasteiger partial charge in [-0.15, -0.1) is 5.10 Å². The molecule has 1 fully saturated rings. The Labute approximate surface area is 292 Å². The maximum Gasteiger partial charge on any atom is 0.433 e. The SMILES string of the molecule is CCc1cccnc1C(=O)N1CCN(c2c(CC)n(CC(=O)Nc3ccc(C(F)(F)F)nc3C)c3nc(C4=CCC(OC)CC4)nn3c2=O)CC1. The standard InChI is InChI=1S/C35H40F3N9O4/c1-5-22-8-7-15-39-29(22)32(49)45-18-16-44(17-19-45)30-26(6-2)46(20-28(48)41-25-13-14-27(35(36,37)38)40-21(25)3)34-42-31(43-47(34)33(30)50)23-9-11-24(51-4)12-10-23/h7-9,13-15,24H,5-6,10-12,16-20H2,1-4H3,(H,41,48). The molecule has 0 radical (unpaired) electrons. The number of nitrogens with one attached hydrogen (secondary N) is 1. The topological polar surface area (TPSA) is 140 Å². The summed E-state index contributed by atoms with van der Waals surface area (Å²) in [6.45, 7) is 6.30. The number of carbonyl (C=O) groups excluding carboxylic acids is 2. The Morgan fingerprint density at radius 2 is 1.82 bits per heavy atom. The highest BCUT2D eigenvalue weighted by atomic mass is 19.4. The molecule has 5 heterocycles. The summed E-state index contributed by atoms with van der Waals surface area (Å²) in [4.78, 5) is 57.6. The van der Waals surface area contributed by atoms with Crippen LogP contribution in [-0.4, -0.2) is 85.2 Å². The van der Waals surface area contributed by atoms with Crippen molar-refractivity contribution in [1.29, 1.82) is 0 Å². The van der Waals surface area contributed by atoms with Gasteiger partial charge in [0, 0.05) is 39.5 Å². The molecule has 0 aromatic carbocycles. The van der Waals surface area contributed by atoms with Crippen LogP contribution in [0.1, 0.15) is 72.1 Å². The van der Waals surface area contributed by atoms with Crippen LogP contribution in [-0.2, 0) is 35.1 Å². The number of aromatic nitrogens is 6. The molecule has 0 spiro atoms. The second-order valence-electron chi connectivity index (χ2n) is 12.6. The number of nitrogens with zero attached hydrogens (tertiary/aromatic N) is 8. The smallest absolute Gasteiger partial charge is 0.381 e. The Balaban J connectivity index is 1.35. The zero-order valence-corrected chi connectivity index (χ0v) is 29.0. The molecule has 51 heavy (non-hydrogen) atoms. The summed E-state index contributed by atoms with van der Waals surface area (Å²) in [5.41, 5.74) is 1.70. The lowest BCUT2D eigenvalue weighted by Gasteiger charge is -2.36. The first-order valence-corrected chi connectivity index (χ1v) is 17.0. The monoisotopic (exact) mass is 707 g/mol. The van der Waals surface area contributed by atoms with Gasteiger partial charge in [-0.05, 0) is 68.4 Å². The van der Waals surface area contributed by atoms with Crippen molar-refractivity contribution in [3.05, 3.63) is 81.1 Å². The van der Waals surface area contributed by atoms with Crippen molar-refractivity contribution in [2.24, 2.45) is 0 Å². The molecule has 4 aromatic rings. The third kappa shape index (κ3) is 7.22. The van der Waals surface area contributed by atoms with Crippen LogP contribution >= 0.6 is 0 Å². The van der Waals surface area contributed by atoms with Crippen molar-refractivity contribution in [1.82, 2.24) is 34.0 Å². The summed E-state index contributed by atoms with van der Waals surface area (Å²) in [7, 11) is 1.66. The Bertz CT molecular complexity index is 2050. The maximum atomic E-state index is 14.3. The number of fused-ring (bicyclic) bond motifs is 1. The van der Waals surface area contributed by atoms with Gasteiger partial charge in [0.15, 0.2) is 5.82 Å². The van der Waals surface area contributed by atoms with Crippen LogP contribution in [0.5, 0.6) is 0 Å². The van der Waals surface area contributed by atoms with E-state index < -0.39 is 23.3 Å². The number of allylic oxidation sites excluding steroid dienone is 1. The number of halogens is 3. The molecule has 0 bridgehead atoms. The van der Waals surface area contributed by atoms with Gasteiger partial charge in [0.05, 0.1) is 23.2 Å². The van der Waals surface area contributed by atoms with E-state index in [0.29, 0.717) is 74.8 Å². The summed E-state index contributed by atoms with van der Waals surface area (Å²) in [6.07, 6.45) is 2.14. The molecule has 2 amide bonds. The number of amides is 2. The number of rotatable bonds is 9. The number of hydrogen-bond donors (Lipinski definition) is 1. The molecule has 13 nitrogen and oxygen atoms in total. The number of anilines is 2. The average molecular weight is 708 g/mol. The van der Waals surface area contributed by atoms with Crippen molar-refractivity contribution in [3.8, 4) is 0 Å². The predicted octanol–water partition coefficient (Wildman–Crippen LogP) is 4.32. The minimum Gasteiger partial charge on any atom is -0.381 e. The van der Waals surface area contributed by atoms with Crippen LogP contribution in [0.25, 0.3) is 11.4 Å². The first-order chi connectivity index (χ1) is 24.4. The summed E-state index contributed by atoms with van der Waals surface area (Å²) in [5, 5.41) is 7.31. The van der Waals surface area contributed by atoms with Gasteiger partial charge < -0.3 is 24.4 Å². The Hall–Kier alpha value is -5.12. The van der Waals surface area contributed by atoms with E-state index in [0.717, 1.165) is 23.6 Å². The largest absolute Gasteiger partial charge is 0.433 e. The summed E-state index contributed by atoms with van der Waals surface area (Å²) >= 11 is 0. The molecule has 4 aromatic heterocycles. The molecule has 6 rings (SSSR count). The minimum atomic E-state index is -4.62. The van der Waals surface area contributed by atoms with Gasteiger partial charge >= 0.3 is 6.18 Å². The van der Waals surface area contributed by atoms with Crippen molar-refractivity contribution >= 4 is 34.5 Å². The van der Waals surface area contributed by atoms with Crippen LogP contribution < -0.4 is 15.8 Å². The van der Waals surface area contributed by atoms with E-state index in [2.05, 4.69) is 20.4 Å². The molecule has 1 N–H and O–H groups in total. The van der Waals surface area contributed by atoms with E-state index in [1.54, 1.807) is 28.8 Å². The highest BCUT2D eigenvalue weighted by molar-refractivity contribution is 5.94. The van der Waals surface area contributed by atoms with Crippen molar-refractivity contribution in [2.45, 2.75) is 71.7 Å². The number of piperazine rings is 1. The van der Waals surface area contributed by atoms with Crippen LogP contribution in [0.2, 0.25) is 0 Å². The maximum absolute atomic E-state index is 14.3. The fourth-order valence-corrected chi connectivity index (χ4v) is 6.68. The van der Waals surface area contributed by atoms with Crippen molar-refractivity contribution in [2.75, 3.05) is 43.5 Å². The Morgan fingerprint density at radius 1 is 1.06 bits per heavy atom. The Morgan fingerprint density at radius 3 is 2.45 bits per heavy atom. The number of methoxy groups -OCH3 is 1. The number of pyridine rings is 2. The van der Waals surface area contributed by atoms with E-state index in [1.807, 2.05) is 30.9 Å². The summed E-state index contributed by atoms with van der Waals surface area (Å²) in [6, 6.07) is 5.68. The van der Waals surface area contributed by atoms with E-state index >= 15 is 0 Å². The molecule has 16 heteroatoms. The second kappa shape index (κ2) is 14.6. The van der Waals surface area contributed by atoms with Gasteiger partial charge in [-0.3, -0.25) is 19.4 Å².